The first-order chi connectivity index (χ1) is 15.1. The molecule has 1 heterocycles. The highest BCUT2D eigenvalue weighted by molar-refractivity contribution is 7.99. The molecule has 1 aromatic heterocycles. The number of ether oxygens (including phenoxy) is 1. The maximum atomic E-state index is 13.4. The molecule has 31 heavy (non-hydrogen) atoms. The van der Waals surface area contributed by atoms with Crippen LogP contribution in [0.1, 0.15) is 5.56 Å². The monoisotopic (exact) mass is 473 g/mol. The first-order valence-electron chi connectivity index (χ1n) is 9.54. The van der Waals surface area contributed by atoms with Crippen LogP contribution < -0.4 is 4.74 Å². The summed E-state index contributed by atoms with van der Waals surface area (Å²) in [6.45, 7) is 1.04. The molecule has 0 amide bonds. The summed E-state index contributed by atoms with van der Waals surface area (Å²) in [5.74, 6) is 1.64. The van der Waals surface area contributed by atoms with Crippen molar-refractivity contribution in [1.29, 1.82) is 0 Å². The zero-order valence-corrected chi connectivity index (χ0v) is 18.7. The first-order valence-corrected chi connectivity index (χ1v) is 11.3. The van der Waals surface area contributed by atoms with Gasteiger partial charge in [-0.3, -0.25) is 4.57 Å². The van der Waals surface area contributed by atoms with Crippen LogP contribution in [0.3, 0.4) is 0 Å². The summed E-state index contributed by atoms with van der Waals surface area (Å²) in [4.78, 5) is 0. The number of nitrogens with zero attached hydrogens (tertiary/aromatic N) is 3. The summed E-state index contributed by atoms with van der Waals surface area (Å²) < 4.78 is 21.2. The van der Waals surface area contributed by atoms with E-state index < -0.39 is 0 Å². The molecule has 4 rings (SSSR count). The van der Waals surface area contributed by atoms with Crippen LogP contribution in [0.4, 0.5) is 4.39 Å². The number of hydrogen-bond donors (Lipinski definition) is 0. The van der Waals surface area contributed by atoms with Gasteiger partial charge in [-0.2, -0.15) is 0 Å². The molecular formula is C23H18Cl2FN3OS. The van der Waals surface area contributed by atoms with Crippen molar-refractivity contribution in [2.75, 3.05) is 12.4 Å². The van der Waals surface area contributed by atoms with Crippen LogP contribution in [0.2, 0.25) is 10.0 Å². The van der Waals surface area contributed by atoms with Gasteiger partial charge in [0.05, 0.1) is 18.2 Å². The van der Waals surface area contributed by atoms with Crippen LogP contribution in [-0.2, 0) is 6.54 Å². The molecule has 0 bridgehead atoms. The molecule has 0 saturated carbocycles. The number of benzene rings is 3. The lowest BCUT2D eigenvalue weighted by Gasteiger charge is -2.11. The Morgan fingerprint density at radius 2 is 1.71 bits per heavy atom. The van der Waals surface area contributed by atoms with Crippen molar-refractivity contribution in [3.63, 3.8) is 0 Å². The Balaban J connectivity index is 1.50. The minimum absolute atomic E-state index is 0.287. The van der Waals surface area contributed by atoms with Crippen molar-refractivity contribution in [3.8, 4) is 17.1 Å². The predicted molar refractivity (Wildman–Crippen MR) is 124 cm³/mol. The number of thioether (sulfide) groups is 1. The van der Waals surface area contributed by atoms with Gasteiger partial charge in [-0.1, -0.05) is 65.3 Å². The van der Waals surface area contributed by atoms with Crippen molar-refractivity contribution in [2.45, 2.75) is 11.7 Å². The van der Waals surface area contributed by atoms with Gasteiger partial charge in [-0.15, -0.1) is 10.2 Å². The van der Waals surface area contributed by atoms with Crippen molar-refractivity contribution in [1.82, 2.24) is 14.8 Å². The van der Waals surface area contributed by atoms with Gasteiger partial charge in [0.1, 0.15) is 11.6 Å². The van der Waals surface area contributed by atoms with E-state index in [1.54, 1.807) is 30.3 Å². The summed E-state index contributed by atoms with van der Waals surface area (Å²) in [6.07, 6.45) is 0. The van der Waals surface area contributed by atoms with E-state index in [0.717, 1.165) is 16.3 Å². The summed E-state index contributed by atoms with van der Waals surface area (Å²) in [7, 11) is 0. The van der Waals surface area contributed by atoms with E-state index in [2.05, 4.69) is 22.3 Å². The Bertz CT molecular complexity index is 1150. The minimum Gasteiger partial charge on any atom is -0.491 e. The van der Waals surface area contributed by atoms with Crippen molar-refractivity contribution in [2.24, 2.45) is 0 Å². The molecule has 8 heteroatoms. The molecule has 0 radical (unpaired) electrons. The summed E-state index contributed by atoms with van der Waals surface area (Å²) in [6, 6.07) is 21.5. The fraction of sp³-hybridized carbons (Fsp3) is 0.130. The molecule has 0 fully saturated rings. The summed E-state index contributed by atoms with van der Waals surface area (Å²) >= 11 is 13.6. The van der Waals surface area contributed by atoms with E-state index in [1.807, 2.05) is 22.8 Å². The van der Waals surface area contributed by atoms with Gasteiger partial charge in [0.25, 0.3) is 0 Å². The highest BCUT2D eigenvalue weighted by atomic mass is 35.5. The van der Waals surface area contributed by atoms with Crippen LogP contribution >= 0.6 is 35.0 Å². The van der Waals surface area contributed by atoms with Gasteiger partial charge in [0.2, 0.25) is 0 Å². The Kier molecular flexibility index (Phi) is 7.12. The normalized spacial score (nSPS) is 10.9. The second-order valence-electron chi connectivity index (χ2n) is 6.66. The molecule has 0 spiro atoms. The van der Waals surface area contributed by atoms with Gasteiger partial charge in [-0.05, 0) is 48.0 Å². The van der Waals surface area contributed by atoms with E-state index in [9.17, 15) is 4.39 Å². The molecule has 0 saturated heterocycles. The minimum atomic E-state index is -0.287. The fourth-order valence-electron chi connectivity index (χ4n) is 2.99. The average Bonchev–Trinajstić information content (AvgIpc) is 3.16. The van der Waals surface area contributed by atoms with E-state index in [1.165, 1.54) is 23.9 Å². The van der Waals surface area contributed by atoms with Crippen LogP contribution in [0.5, 0.6) is 5.75 Å². The molecule has 0 aliphatic heterocycles. The molecular weight excluding hydrogens is 456 g/mol. The molecule has 4 aromatic rings. The largest absolute Gasteiger partial charge is 0.491 e. The van der Waals surface area contributed by atoms with Crippen LogP contribution in [0, 0.1) is 5.82 Å². The Morgan fingerprint density at radius 1 is 0.935 bits per heavy atom. The molecule has 3 aromatic carbocycles. The third kappa shape index (κ3) is 5.58. The Labute approximate surface area is 194 Å². The number of rotatable bonds is 8. The lowest BCUT2D eigenvalue weighted by molar-refractivity contribution is 0.344. The highest BCUT2D eigenvalue weighted by Crippen LogP contribution is 2.29. The van der Waals surface area contributed by atoms with E-state index in [-0.39, 0.29) is 5.82 Å². The Morgan fingerprint density at radius 3 is 2.45 bits per heavy atom. The molecule has 0 aliphatic carbocycles. The fourth-order valence-corrected chi connectivity index (χ4v) is 4.21. The maximum absolute atomic E-state index is 13.4. The topological polar surface area (TPSA) is 39.9 Å². The van der Waals surface area contributed by atoms with Gasteiger partial charge in [0.15, 0.2) is 11.0 Å². The highest BCUT2D eigenvalue weighted by Gasteiger charge is 2.15. The predicted octanol–water partition coefficient (Wildman–Crippen LogP) is 6.61. The zero-order chi connectivity index (χ0) is 21.6. The van der Waals surface area contributed by atoms with Gasteiger partial charge in [-0.25, -0.2) is 4.39 Å². The Hall–Kier alpha value is -2.54. The lowest BCUT2D eigenvalue weighted by Crippen LogP contribution is -2.06. The van der Waals surface area contributed by atoms with Crippen LogP contribution in [-0.4, -0.2) is 27.1 Å². The summed E-state index contributed by atoms with van der Waals surface area (Å²) in [5, 5.41) is 10.5. The molecule has 0 N–H and O–H groups in total. The van der Waals surface area contributed by atoms with E-state index in [0.29, 0.717) is 40.5 Å². The SMILES string of the molecule is Fc1ccc(-c2nnc(SCCOc3ccc(Cl)cc3Cl)n2Cc2ccccc2)cc1. The van der Waals surface area contributed by atoms with Crippen molar-refractivity contribution < 1.29 is 9.13 Å². The summed E-state index contributed by atoms with van der Waals surface area (Å²) in [5.41, 5.74) is 1.93. The maximum Gasteiger partial charge on any atom is 0.191 e. The second kappa shape index (κ2) is 10.2. The van der Waals surface area contributed by atoms with E-state index >= 15 is 0 Å². The van der Waals surface area contributed by atoms with Crippen molar-refractivity contribution in [3.05, 3.63) is 94.2 Å². The van der Waals surface area contributed by atoms with Crippen LogP contribution in [0.25, 0.3) is 11.4 Å². The van der Waals surface area contributed by atoms with Gasteiger partial charge < -0.3 is 4.74 Å². The molecule has 158 valence electrons. The van der Waals surface area contributed by atoms with Crippen LogP contribution in [0.15, 0.2) is 78.0 Å². The molecule has 0 unspecified atom stereocenters. The van der Waals surface area contributed by atoms with Gasteiger partial charge >= 0.3 is 0 Å². The van der Waals surface area contributed by atoms with Gasteiger partial charge in [0, 0.05) is 16.3 Å². The lowest BCUT2D eigenvalue weighted by atomic mass is 10.2. The molecule has 0 aliphatic rings. The van der Waals surface area contributed by atoms with E-state index in [4.69, 9.17) is 27.9 Å². The third-order valence-corrected chi connectivity index (χ3v) is 5.93. The second-order valence-corrected chi connectivity index (χ2v) is 8.56. The number of halogens is 3. The first kappa shape index (κ1) is 21.7. The smallest absolute Gasteiger partial charge is 0.191 e. The molecule has 4 nitrogen and oxygen atoms in total. The third-order valence-electron chi connectivity index (χ3n) is 4.47. The standard InChI is InChI=1S/C23H18Cl2FN3OS/c24-18-8-11-21(20(25)14-18)30-12-13-31-23-28-27-22(17-6-9-19(26)10-7-17)29(23)15-16-4-2-1-3-5-16/h1-11,14H,12-13,15H2. The van der Waals surface area contributed by atoms with Crippen molar-refractivity contribution >= 4 is 35.0 Å². The zero-order valence-electron chi connectivity index (χ0n) is 16.3. The quantitative estimate of drug-likeness (QED) is 0.213. The number of aromatic nitrogens is 3. The number of hydrogen-bond acceptors (Lipinski definition) is 4. The molecule has 0 atom stereocenters. The average molecular weight is 474 g/mol.